The van der Waals surface area contributed by atoms with Crippen molar-refractivity contribution in [2.45, 2.75) is 0 Å². The van der Waals surface area contributed by atoms with Crippen molar-refractivity contribution in [2.75, 3.05) is 0 Å². The molecule has 0 atom stereocenters. The van der Waals surface area contributed by atoms with Gasteiger partial charge in [-0.1, -0.05) is 66.1 Å². The molecule has 0 radical (unpaired) electrons. The minimum atomic E-state index is 0.627. The summed E-state index contributed by atoms with van der Waals surface area (Å²) in [6.45, 7) is 6.94. The van der Waals surface area contributed by atoms with Crippen LogP contribution in [0.2, 0.25) is 0 Å². The van der Waals surface area contributed by atoms with Crippen LogP contribution in [0.1, 0.15) is 22.3 Å². The highest BCUT2D eigenvalue weighted by atomic mass is 14.6. The maximum Gasteiger partial charge on any atom is 0.187 e. The normalized spacial score (nSPS) is 8.96. The molecule has 24 heavy (non-hydrogen) atoms. The quantitative estimate of drug-likeness (QED) is 0.405. The van der Waals surface area contributed by atoms with Gasteiger partial charge < -0.3 is 0 Å². The van der Waals surface area contributed by atoms with Crippen LogP contribution in [0, 0.1) is 30.3 Å². The van der Waals surface area contributed by atoms with Crippen molar-refractivity contribution in [2.24, 2.45) is 0 Å². The van der Waals surface area contributed by atoms with Crippen LogP contribution in [-0.4, -0.2) is 0 Å². The van der Waals surface area contributed by atoms with E-state index in [0.717, 1.165) is 22.3 Å². The summed E-state index contributed by atoms with van der Waals surface area (Å²) in [5.41, 5.74) is 4.43. The van der Waals surface area contributed by atoms with Crippen molar-refractivity contribution < 1.29 is 0 Å². The Morgan fingerprint density at radius 1 is 0.500 bits per heavy atom. The molecule has 3 aromatic rings. The van der Waals surface area contributed by atoms with E-state index >= 15 is 0 Å². The molecule has 1 nitrogen and oxygen atoms in total. The molecule has 3 rings (SSSR count). The molecule has 0 amide bonds. The van der Waals surface area contributed by atoms with Crippen molar-refractivity contribution in [1.29, 1.82) is 0 Å². The summed E-state index contributed by atoms with van der Waals surface area (Å²) in [6.07, 6.45) is 0. The van der Waals surface area contributed by atoms with Gasteiger partial charge in [0.2, 0.25) is 0 Å². The molecule has 0 aromatic heterocycles. The SMILES string of the molecule is [C-]#[N+]c1ccc(C#Cc2ccc(C#Cc3ccccc3)cc2)cc1. The number of nitrogens with zero attached hydrogens (tertiary/aromatic N) is 1. The summed E-state index contributed by atoms with van der Waals surface area (Å²) in [4.78, 5) is 3.37. The van der Waals surface area contributed by atoms with E-state index in [4.69, 9.17) is 6.57 Å². The number of hydrogen-bond donors (Lipinski definition) is 0. The second-order valence-electron chi connectivity index (χ2n) is 5.10. The Kier molecular flexibility index (Phi) is 4.75. The van der Waals surface area contributed by atoms with Crippen LogP contribution in [0.5, 0.6) is 0 Å². The zero-order chi connectivity index (χ0) is 16.6. The zero-order valence-corrected chi connectivity index (χ0v) is 13.0. The van der Waals surface area contributed by atoms with E-state index < -0.39 is 0 Å². The molecule has 110 valence electrons. The first-order valence-electron chi connectivity index (χ1n) is 7.50. The number of benzene rings is 3. The molecular weight excluding hydrogens is 290 g/mol. The fraction of sp³-hybridized carbons (Fsp3) is 0. The second kappa shape index (κ2) is 7.51. The van der Waals surface area contributed by atoms with E-state index in [0.29, 0.717) is 5.69 Å². The number of hydrogen-bond acceptors (Lipinski definition) is 0. The molecule has 1 heteroatoms. The average molecular weight is 303 g/mol. The minimum absolute atomic E-state index is 0.627. The predicted octanol–water partition coefficient (Wildman–Crippen LogP) is 5.04. The van der Waals surface area contributed by atoms with Gasteiger partial charge in [0.15, 0.2) is 5.69 Å². The zero-order valence-electron chi connectivity index (χ0n) is 13.0. The lowest BCUT2D eigenvalue weighted by Gasteiger charge is -1.93. The molecule has 0 N–H and O–H groups in total. The molecule has 0 aliphatic carbocycles. The largest absolute Gasteiger partial charge is 0.238 e. The molecule has 0 unspecified atom stereocenters. The van der Waals surface area contributed by atoms with E-state index in [-0.39, 0.29) is 0 Å². The molecular formula is C23H13N. The van der Waals surface area contributed by atoms with Gasteiger partial charge >= 0.3 is 0 Å². The van der Waals surface area contributed by atoms with Gasteiger partial charge in [0, 0.05) is 22.3 Å². The highest BCUT2D eigenvalue weighted by Gasteiger charge is 1.91. The Balaban J connectivity index is 1.72. The third kappa shape index (κ3) is 4.14. The fourth-order valence-corrected chi connectivity index (χ4v) is 2.07. The van der Waals surface area contributed by atoms with Crippen LogP contribution < -0.4 is 0 Å². The van der Waals surface area contributed by atoms with Crippen molar-refractivity contribution in [1.82, 2.24) is 0 Å². The van der Waals surface area contributed by atoms with E-state index in [1.54, 1.807) is 12.1 Å². The first kappa shape index (κ1) is 15.2. The van der Waals surface area contributed by atoms with Crippen molar-refractivity contribution >= 4 is 5.69 Å². The van der Waals surface area contributed by atoms with E-state index in [2.05, 4.69) is 28.5 Å². The highest BCUT2D eigenvalue weighted by molar-refractivity contribution is 5.51. The van der Waals surface area contributed by atoms with E-state index in [1.165, 1.54) is 0 Å². The average Bonchev–Trinajstić information content (AvgIpc) is 2.67. The molecule has 3 aromatic carbocycles. The summed E-state index contributed by atoms with van der Waals surface area (Å²) in [7, 11) is 0. The van der Waals surface area contributed by atoms with Gasteiger partial charge in [-0.15, -0.1) is 0 Å². The molecule has 0 aliphatic rings. The lowest BCUT2D eigenvalue weighted by molar-refractivity contribution is 1.59. The summed E-state index contributed by atoms with van der Waals surface area (Å²) in [5.74, 6) is 12.5. The van der Waals surface area contributed by atoms with Crippen LogP contribution in [0.15, 0.2) is 78.9 Å². The Bertz CT molecular complexity index is 982. The van der Waals surface area contributed by atoms with Crippen LogP contribution >= 0.6 is 0 Å². The van der Waals surface area contributed by atoms with Crippen LogP contribution in [0.4, 0.5) is 5.69 Å². The van der Waals surface area contributed by atoms with Gasteiger partial charge in [0.1, 0.15) is 0 Å². The van der Waals surface area contributed by atoms with Crippen molar-refractivity contribution in [3.05, 3.63) is 113 Å². The van der Waals surface area contributed by atoms with Crippen LogP contribution in [0.25, 0.3) is 4.85 Å². The molecule has 0 fully saturated rings. The summed E-state index contributed by atoms with van der Waals surface area (Å²) in [5, 5.41) is 0. The third-order valence-electron chi connectivity index (χ3n) is 3.36. The maximum atomic E-state index is 6.94. The van der Waals surface area contributed by atoms with Crippen molar-refractivity contribution in [3.63, 3.8) is 0 Å². The highest BCUT2D eigenvalue weighted by Crippen LogP contribution is 2.12. The lowest BCUT2D eigenvalue weighted by Crippen LogP contribution is -1.79. The van der Waals surface area contributed by atoms with E-state index in [9.17, 15) is 0 Å². The van der Waals surface area contributed by atoms with Gasteiger partial charge in [-0.3, -0.25) is 0 Å². The minimum Gasteiger partial charge on any atom is -0.238 e. The first-order valence-corrected chi connectivity index (χ1v) is 7.50. The van der Waals surface area contributed by atoms with Gasteiger partial charge in [-0.05, 0) is 36.4 Å². The van der Waals surface area contributed by atoms with Gasteiger partial charge in [-0.25, -0.2) is 4.85 Å². The first-order chi connectivity index (χ1) is 11.8. The topological polar surface area (TPSA) is 4.36 Å². The third-order valence-corrected chi connectivity index (χ3v) is 3.36. The van der Waals surface area contributed by atoms with Crippen LogP contribution in [-0.2, 0) is 0 Å². The lowest BCUT2D eigenvalue weighted by atomic mass is 10.1. The second-order valence-corrected chi connectivity index (χ2v) is 5.10. The molecule has 0 spiro atoms. The Labute approximate surface area is 142 Å². The molecule has 0 saturated heterocycles. The predicted molar refractivity (Wildman–Crippen MR) is 97.5 cm³/mol. The Morgan fingerprint density at radius 3 is 1.29 bits per heavy atom. The molecule has 0 heterocycles. The fourth-order valence-electron chi connectivity index (χ4n) is 2.07. The molecule has 0 aliphatic heterocycles. The Hall–Kier alpha value is -3.73. The smallest absolute Gasteiger partial charge is 0.187 e. The van der Waals surface area contributed by atoms with E-state index in [1.807, 2.05) is 66.7 Å². The molecule has 0 saturated carbocycles. The van der Waals surface area contributed by atoms with Gasteiger partial charge in [0.05, 0.1) is 6.57 Å². The summed E-state index contributed by atoms with van der Waals surface area (Å²) < 4.78 is 0. The van der Waals surface area contributed by atoms with Gasteiger partial charge in [0.25, 0.3) is 0 Å². The maximum absolute atomic E-state index is 6.94. The molecule has 0 bridgehead atoms. The standard InChI is InChI=1S/C23H13N/c1-24-23-17-15-22(16-18-23)14-13-21-11-9-20(10-12-21)8-7-19-5-3-2-4-6-19/h2-6,9-12,15-18H. The Morgan fingerprint density at radius 2 is 0.875 bits per heavy atom. The van der Waals surface area contributed by atoms with Crippen LogP contribution in [0.3, 0.4) is 0 Å². The van der Waals surface area contributed by atoms with Crippen molar-refractivity contribution in [3.8, 4) is 23.7 Å². The van der Waals surface area contributed by atoms with Gasteiger partial charge in [-0.2, -0.15) is 0 Å². The monoisotopic (exact) mass is 303 g/mol. The summed E-state index contributed by atoms with van der Waals surface area (Å²) >= 11 is 0. The number of rotatable bonds is 0. The summed E-state index contributed by atoms with van der Waals surface area (Å²) in [6, 6.07) is 25.1.